The minimum absolute atomic E-state index is 0.762. The van der Waals surface area contributed by atoms with E-state index in [0.717, 1.165) is 23.1 Å². The molecule has 0 saturated carbocycles. The predicted octanol–water partition coefficient (Wildman–Crippen LogP) is 6.11. The molecule has 26 heavy (non-hydrogen) atoms. The topological polar surface area (TPSA) is 15.6 Å². The van der Waals surface area contributed by atoms with Gasteiger partial charge in [-0.1, -0.05) is 91.0 Å². The van der Waals surface area contributed by atoms with E-state index in [1.54, 1.807) is 0 Å². The molecule has 2 nitrogen and oxygen atoms in total. The first-order chi connectivity index (χ1) is 12.8. The summed E-state index contributed by atoms with van der Waals surface area (Å²) in [5.74, 6) is 0. The van der Waals surface area contributed by atoms with E-state index in [0.29, 0.717) is 0 Å². The van der Waals surface area contributed by atoms with Crippen LogP contribution in [0.3, 0.4) is 0 Å². The highest BCUT2D eigenvalue weighted by molar-refractivity contribution is 9.12. The van der Waals surface area contributed by atoms with Gasteiger partial charge in [-0.25, -0.2) is 0 Å². The first kappa shape index (κ1) is 18.2. The summed E-state index contributed by atoms with van der Waals surface area (Å²) >= 11 is 3.60. The molecule has 0 atom stereocenters. The highest BCUT2D eigenvalue weighted by Gasteiger charge is 2.04. The molecule has 3 heteroatoms. The van der Waals surface area contributed by atoms with Crippen molar-refractivity contribution in [2.24, 2.45) is 5.10 Å². The van der Waals surface area contributed by atoms with Crippen LogP contribution in [0.1, 0.15) is 16.7 Å². The van der Waals surface area contributed by atoms with Crippen LogP contribution >= 0.6 is 15.9 Å². The van der Waals surface area contributed by atoms with Crippen molar-refractivity contribution in [1.82, 2.24) is 5.01 Å². The number of halogens is 1. The average Bonchev–Trinajstić information content (AvgIpc) is 2.68. The quantitative estimate of drug-likeness (QED) is 0.342. The lowest BCUT2D eigenvalue weighted by atomic mass is 10.2. The summed E-state index contributed by atoms with van der Waals surface area (Å²) in [6.07, 6.45) is 3.92. The second-order valence-electron chi connectivity index (χ2n) is 5.98. The maximum absolute atomic E-state index is 4.70. The van der Waals surface area contributed by atoms with Gasteiger partial charge in [0, 0.05) is 4.48 Å². The molecule has 0 radical (unpaired) electrons. The lowest BCUT2D eigenvalue weighted by Gasteiger charge is -2.19. The van der Waals surface area contributed by atoms with Gasteiger partial charge >= 0.3 is 0 Å². The Labute approximate surface area is 163 Å². The number of hydrazone groups is 1. The molecule has 0 bridgehead atoms. The van der Waals surface area contributed by atoms with E-state index in [1.165, 1.54) is 11.1 Å². The number of allylic oxidation sites excluding steroid dienone is 1. The van der Waals surface area contributed by atoms with Gasteiger partial charge in [0.05, 0.1) is 19.3 Å². The molecule has 3 aromatic carbocycles. The fraction of sp³-hybridized carbons (Fsp3) is 0.0870. The molecule has 0 N–H and O–H groups in total. The largest absolute Gasteiger partial charge is 0.288 e. The molecule has 0 aliphatic carbocycles. The third-order valence-electron chi connectivity index (χ3n) is 3.86. The molecule has 3 rings (SSSR count). The minimum Gasteiger partial charge on any atom is -0.288 e. The third-order valence-corrected chi connectivity index (χ3v) is 4.30. The predicted molar refractivity (Wildman–Crippen MR) is 114 cm³/mol. The van der Waals surface area contributed by atoms with Crippen LogP contribution in [0.5, 0.6) is 0 Å². The standard InChI is InChI=1S/C23H21BrN2/c24-23(16-20-10-4-1-5-11-20)17-25-26(18-21-12-6-2-7-13-21)19-22-14-8-3-9-15-22/h1-17H,18-19H2/b23-16+,25-17-. The molecule has 0 aromatic heterocycles. The van der Waals surface area contributed by atoms with Crippen molar-refractivity contribution in [3.63, 3.8) is 0 Å². The van der Waals surface area contributed by atoms with E-state index in [9.17, 15) is 0 Å². The fourth-order valence-corrected chi connectivity index (χ4v) is 2.96. The number of hydrogen-bond donors (Lipinski definition) is 0. The first-order valence-corrected chi connectivity index (χ1v) is 9.38. The number of benzene rings is 3. The molecule has 0 heterocycles. The van der Waals surface area contributed by atoms with Gasteiger partial charge in [0.2, 0.25) is 0 Å². The van der Waals surface area contributed by atoms with E-state index in [-0.39, 0.29) is 0 Å². The molecule has 0 saturated heterocycles. The van der Waals surface area contributed by atoms with Gasteiger partial charge in [-0.05, 0) is 38.7 Å². The maximum atomic E-state index is 4.70. The molecule has 130 valence electrons. The van der Waals surface area contributed by atoms with E-state index in [2.05, 4.69) is 87.7 Å². The van der Waals surface area contributed by atoms with Crippen LogP contribution in [0, 0.1) is 0 Å². The monoisotopic (exact) mass is 404 g/mol. The van der Waals surface area contributed by atoms with Gasteiger partial charge in [-0.15, -0.1) is 0 Å². The van der Waals surface area contributed by atoms with Gasteiger partial charge in [0.15, 0.2) is 0 Å². The van der Waals surface area contributed by atoms with E-state index in [4.69, 9.17) is 5.10 Å². The summed E-state index contributed by atoms with van der Waals surface area (Å²) in [6.45, 7) is 1.52. The summed E-state index contributed by atoms with van der Waals surface area (Å²) in [6, 6.07) is 31.0. The Hall–Kier alpha value is -2.65. The highest BCUT2D eigenvalue weighted by atomic mass is 79.9. The van der Waals surface area contributed by atoms with Crippen molar-refractivity contribution >= 4 is 28.2 Å². The van der Waals surface area contributed by atoms with Crippen LogP contribution in [0.4, 0.5) is 0 Å². The number of nitrogens with zero attached hydrogens (tertiary/aromatic N) is 2. The van der Waals surface area contributed by atoms with Crippen molar-refractivity contribution < 1.29 is 0 Å². The van der Waals surface area contributed by atoms with Crippen LogP contribution in [0.25, 0.3) is 6.08 Å². The second kappa shape index (κ2) is 9.73. The van der Waals surface area contributed by atoms with Crippen LogP contribution in [0.15, 0.2) is 101 Å². The fourth-order valence-electron chi connectivity index (χ4n) is 2.61. The van der Waals surface area contributed by atoms with Gasteiger partial charge in [-0.2, -0.15) is 5.10 Å². The van der Waals surface area contributed by atoms with Crippen molar-refractivity contribution in [3.8, 4) is 0 Å². The lowest BCUT2D eigenvalue weighted by molar-refractivity contribution is 0.272. The number of hydrogen-bond acceptors (Lipinski definition) is 2. The van der Waals surface area contributed by atoms with Gasteiger partial charge < -0.3 is 0 Å². The normalized spacial score (nSPS) is 11.7. The summed E-state index contributed by atoms with van der Waals surface area (Å²) in [5.41, 5.74) is 3.62. The van der Waals surface area contributed by atoms with Gasteiger partial charge in [0.25, 0.3) is 0 Å². The Morgan fingerprint density at radius 3 is 1.69 bits per heavy atom. The molecular formula is C23H21BrN2. The second-order valence-corrected chi connectivity index (χ2v) is 6.89. The highest BCUT2D eigenvalue weighted by Crippen LogP contribution is 2.13. The minimum atomic E-state index is 0.762. The lowest BCUT2D eigenvalue weighted by Crippen LogP contribution is -2.16. The molecule has 0 spiro atoms. The molecular weight excluding hydrogens is 384 g/mol. The molecule has 0 amide bonds. The molecule has 0 fully saturated rings. The van der Waals surface area contributed by atoms with Crippen molar-refractivity contribution in [3.05, 3.63) is 112 Å². The Morgan fingerprint density at radius 2 is 1.19 bits per heavy atom. The molecule has 0 unspecified atom stereocenters. The van der Waals surface area contributed by atoms with Gasteiger partial charge in [0.1, 0.15) is 0 Å². The smallest absolute Gasteiger partial charge is 0.0614 e. The Bertz CT molecular complexity index is 802. The molecule has 0 aliphatic heterocycles. The summed E-state index contributed by atoms with van der Waals surface area (Å²) in [5, 5.41) is 6.78. The number of rotatable bonds is 7. The molecule has 0 aliphatic rings. The third kappa shape index (κ3) is 6.01. The molecule has 3 aromatic rings. The zero-order valence-electron chi connectivity index (χ0n) is 14.5. The van der Waals surface area contributed by atoms with E-state index < -0.39 is 0 Å². The van der Waals surface area contributed by atoms with Crippen molar-refractivity contribution in [2.75, 3.05) is 0 Å². The Balaban J connectivity index is 1.75. The SMILES string of the molecule is BrC(/C=N\N(Cc1ccccc1)Cc1ccccc1)=C/c1ccccc1. The maximum Gasteiger partial charge on any atom is 0.0614 e. The summed E-state index contributed by atoms with van der Waals surface area (Å²) in [7, 11) is 0. The Kier molecular flexibility index (Phi) is 6.80. The first-order valence-electron chi connectivity index (χ1n) is 8.58. The zero-order valence-corrected chi connectivity index (χ0v) is 16.1. The van der Waals surface area contributed by atoms with Crippen LogP contribution < -0.4 is 0 Å². The Morgan fingerprint density at radius 1 is 0.731 bits per heavy atom. The van der Waals surface area contributed by atoms with Crippen LogP contribution in [-0.2, 0) is 13.1 Å². The summed E-state index contributed by atoms with van der Waals surface area (Å²) < 4.78 is 0.940. The average molecular weight is 405 g/mol. The summed E-state index contributed by atoms with van der Waals surface area (Å²) in [4.78, 5) is 0. The van der Waals surface area contributed by atoms with Crippen molar-refractivity contribution in [2.45, 2.75) is 13.1 Å². The van der Waals surface area contributed by atoms with E-state index in [1.807, 2.05) is 36.5 Å². The van der Waals surface area contributed by atoms with Crippen molar-refractivity contribution in [1.29, 1.82) is 0 Å². The zero-order chi connectivity index (χ0) is 18.0. The van der Waals surface area contributed by atoms with E-state index >= 15 is 0 Å². The van der Waals surface area contributed by atoms with Gasteiger partial charge in [-0.3, -0.25) is 5.01 Å². The van der Waals surface area contributed by atoms with Crippen LogP contribution in [0.2, 0.25) is 0 Å². The van der Waals surface area contributed by atoms with Crippen LogP contribution in [-0.4, -0.2) is 11.2 Å².